The first-order valence-corrected chi connectivity index (χ1v) is 11.0. The van der Waals surface area contributed by atoms with E-state index in [0.29, 0.717) is 22.3 Å². The molecule has 0 heterocycles. The van der Waals surface area contributed by atoms with Crippen LogP contribution in [-0.2, 0) is 20.0 Å². The summed E-state index contributed by atoms with van der Waals surface area (Å²) >= 11 is 0. The fraction of sp³-hybridized carbons (Fsp3) is 0.294. The van der Waals surface area contributed by atoms with E-state index in [1.165, 1.54) is 50.5 Å². The third-order valence-electron chi connectivity index (χ3n) is 4.74. The van der Waals surface area contributed by atoms with Crippen molar-refractivity contribution in [2.24, 2.45) is 0 Å². The molecule has 1 aliphatic rings. The summed E-state index contributed by atoms with van der Waals surface area (Å²) in [6, 6.07) is 8.44. The van der Waals surface area contributed by atoms with Gasteiger partial charge in [0.2, 0.25) is 20.0 Å². The second-order valence-electron chi connectivity index (χ2n) is 6.39. The number of rotatable bonds is 6. The maximum Gasteiger partial charge on any atom is 0.244 e. The average Bonchev–Trinajstić information content (AvgIpc) is 2.97. The average molecular weight is 428 g/mol. The zero-order chi connectivity index (χ0) is 20.9. The highest BCUT2D eigenvalue weighted by molar-refractivity contribution is 7.89. The quantitative estimate of drug-likeness (QED) is 0.546. The molecule has 0 fully saturated rings. The van der Waals surface area contributed by atoms with Crippen molar-refractivity contribution in [3.63, 3.8) is 0 Å². The van der Waals surface area contributed by atoms with Crippen LogP contribution in [0.1, 0.15) is 17.2 Å². The molecule has 0 saturated heterocycles. The topological polar surface area (TPSA) is 135 Å². The highest BCUT2D eigenvalue weighted by Gasteiger charge is 2.32. The van der Waals surface area contributed by atoms with E-state index in [2.05, 4.69) is 0 Å². The normalized spacial score (nSPS) is 14.5. The van der Waals surface area contributed by atoms with Crippen molar-refractivity contribution in [1.29, 1.82) is 0 Å². The lowest BCUT2D eigenvalue weighted by atomic mass is 10.1. The smallest absolute Gasteiger partial charge is 0.244 e. The predicted molar refractivity (Wildman–Crippen MR) is 100 cm³/mol. The molecule has 0 atom stereocenters. The van der Waals surface area contributed by atoms with Crippen molar-refractivity contribution in [1.82, 2.24) is 8.61 Å². The molecule has 0 radical (unpaired) electrons. The van der Waals surface area contributed by atoms with Crippen molar-refractivity contribution in [3.8, 4) is 11.1 Å². The van der Waals surface area contributed by atoms with Gasteiger partial charge in [-0.25, -0.2) is 16.8 Å². The molecule has 2 aromatic carbocycles. The van der Waals surface area contributed by atoms with Crippen molar-refractivity contribution in [3.05, 3.63) is 47.5 Å². The van der Waals surface area contributed by atoms with Crippen LogP contribution in [0.2, 0.25) is 0 Å². The molecular formula is C17H20N2O7S2. The Morgan fingerprint density at radius 3 is 1.46 bits per heavy atom. The van der Waals surface area contributed by atoms with Gasteiger partial charge in [0.15, 0.2) is 0 Å². The Bertz CT molecular complexity index is 1040. The number of aliphatic hydroxyl groups excluding tert-OH is 3. The summed E-state index contributed by atoms with van der Waals surface area (Å²) in [7, 11) is -5.40. The largest absolute Gasteiger partial charge is 0.384 e. The van der Waals surface area contributed by atoms with E-state index in [1.54, 1.807) is 0 Å². The Hall–Kier alpha value is -1.86. The lowest BCUT2D eigenvalue weighted by Crippen LogP contribution is -2.27. The van der Waals surface area contributed by atoms with Crippen molar-refractivity contribution < 1.29 is 32.2 Å². The van der Waals surface area contributed by atoms with E-state index in [9.17, 15) is 21.9 Å². The molecule has 2 aromatic rings. The summed E-state index contributed by atoms with van der Waals surface area (Å²) in [5.74, 6) is 0. The van der Waals surface area contributed by atoms with Gasteiger partial charge in [-0.1, -0.05) is 12.1 Å². The van der Waals surface area contributed by atoms with E-state index in [1.807, 2.05) is 0 Å². The van der Waals surface area contributed by atoms with Crippen LogP contribution in [0.3, 0.4) is 0 Å². The molecule has 11 heteroatoms. The van der Waals surface area contributed by atoms with E-state index in [0.717, 1.165) is 8.61 Å². The first kappa shape index (κ1) is 20.9. The van der Waals surface area contributed by atoms with Gasteiger partial charge < -0.3 is 15.3 Å². The highest BCUT2D eigenvalue weighted by Crippen LogP contribution is 2.45. The Labute approximate surface area is 163 Å². The molecule has 9 nitrogen and oxygen atoms in total. The second-order valence-corrected chi connectivity index (χ2v) is 10.5. The maximum absolute atomic E-state index is 12.4. The van der Waals surface area contributed by atoms with Gasteiger partial charge in [0.05, 0.1) is 9.79 Å². The second kappa shape index (κ2) is 7.19. The summed E-state index contributed by atoms with van der Waals surface area (Å²) in [5, 5.41) is 28.9. The summed E-state index contributed by atoms with van der Waals surface area (Å²) in [4.78, 5) is -0.190. The van der Waals surface area contributed by atoms with Crippen LogP contribution in [0.4, 0.5) is 0 Å². The molecular weight excluding hydrogens is 408 g/mol. The number of nitrogens with zero attached hydrogens (tertiary/aromatic N) is 2. The van der Waals surface area contributed by atoms with E-state index < -0.39 is 39.6 Å². The van der Waals surface area contributed by atoms with Gasteiger partial charge in [0.1, 0.15) is 19.6 Å². The van der Waals surface area contributed by atoms with Crippen molar-refractivity contribution in [2.45, 2.75) is 15.9 Å². The van der Waals surface area contributed by atoms with Crippen LogP contribution in [0.25, 0.3) is 11.1 Å². The molecule has 0 aromatic heterocycles. The number of hydrogen-bond acceptors (Lipinski definition) is 7. The number of sulfonamides is 2. The Morgan fingerprint density at radius 1 is 0.786 bits per heavy atom. The monoisotopic (exact) mass is 428 g/mol. The third-order valence-corrected chi connectivity index (χ3v) is 8.31. The molecule has 3 N–H and O–H groups in total. The van der Waals surface area contributed by atoms with Gasteiger partial charge in [-0.05, 0) is 46.5 Å². The molecule has 0 bridgehead atoms. The minimum absolute atomic E-state index is 0.0949. The fourth-order valence-corrected chi connectivity index (χ4v) is 5.08. The molecule has 0 saturated carbocycles. The molecule has 0 aliphatic heterocycles. The molecule has 152 valence electrons. The molecule has 0 spiro atoms. The summed E-state index contributed by atoms with van der Waals surface area (Å²) in [6.07, 6.45) is -1.21. The third kappa shape index (κ3) is 3.14. The van der Waals surface area contributed by atoms with E-state index >= 15 is 0 Å². The van der Waals surface area contributed by atoms with E-state index in [4.69, 9.17) is 10.2 Å². The summed E-state index contributed by atoms with van der Waals surface area (Å²) in [6.45, 7) is -1.39. The standard InChI is InChI=1S/C17H20N2O7S2/c1-18(9-20)27(23,24)11-3-5-13-14-6-4-12(28(25,26)19(2)10-21)8-16(14)17(22)15(13)7-11/h3-8,17,20-22H,9-10H2,1-2H3. The van der Waals surface area contributed by atoms with Gasteiger partial charge in [0.25, 0.3) is 0 Å². The fourth-order valence-electron chi connectivity index (χ4n) is 3.02. The van der Waals surface area contributed by atoms with Crippen LogP contribution in [0.5, 0.6) is 0 Å². The van der Waals surface area contributed by atoms with Crippen LogP contribution in [-0.4, -0.2) is 68.3 Å². The SMILES string of the molecule is CN(CO)S(=O)(=O)c1ccc2c(c1)C(O)c1cc(S(=O)(=O)N(C)CO)ccc1-2. The summed E-state index contributed by atoms with van der Waals surface area (Å²) < 4.78 is 51.2. The van der Waals surface area contributed by atoms with Crippen molar-refractivity contribution in [2.75, 3.05) is 27.6 Å². The highest BCUT2D eigenvalue weighted by atomic mass is 32.2. The Balaban J connectivity index is 2.09. The van der Waals surface area contributed by atoms with Crippen molar-refractivity contribution >= 4 is 20.0 Å². The van der Waals surface area contributed by atoms with Gasteiger partial charge in [0, 0.05) is 14.1 Å². The summed E-state index contributed by atoms with van der Waals surface area (Å²) in [5.41, 5.74) is 1.83. The molecule has 0 amide bonds. The molecule has 1 aliphatic carbocycles. The number of aliphatic hydroxyl groups is 3. The van der Waals surface area contributed by atoms with Gasteiger partial charge in [-0.15, -0.1) is 0 Å². The van der Waals surface area contributed by atoms with Crippen LogP contribution in [0.15, 0.2) is 46.2 Å². The van der Waals surface area contributed by atoms with Gasteiger partial charge in [-0.2, -0.15) is 8.61 Å². The first-order valence-electron chi connectivity index (χ1n) is 8.16. The predicted octanol–water partition coefficient (Wildman–Crippen LogP) is -0.111. The number of fused-ring (bicyclic) bond motifs is 3. The van der Waals surface area contributed by atoms with E-state index in [-0.39, 0.29) is 9.79 Å². The minimum Gasteiger partial charge on any atom is -0.384 e. The van der Waals surface area contributed by atoms with Crippen LogP contribution in [0, 0.1) is 0 Å². The first-order chi connectivity index (χ1) is 13.1. The Kier molecular flexibility index (Phi) is 5.36. The van der Waals surface area contributed by atoms with Gasteiger partial charge >= 0.3 is 0 Å². The van der Waals surface area contributed by atoms with Crippen LogP contribution >= 0.6 is 0 Å². The number of hydrogen-bond donors (Lipinski definition) is 3. The molecule has 0 unspecified atom stereocenters. The minimum atomic E-state index is -3.93. The zero-order valence-corrected chi connectivity index (χ0v) is 16.8. The molecule has 3 rings (SSSR count). The zero-order valence-electron chi connectivity index (χ0n) is 15.1. The maximum atomic E-state index is 12.4. The molecule has 28 heavy (non-hydrogen) atoms. The number of benzene rings is 2. The van der Waals surface area contributed by atoms with Gasteiger partial charge in [-0.3, -0.25) is 0 Å². The Morgan fingerprint density at radius 2 is 1.14 bits per heavy atom. The van der Waals surface area contributed by atoms with Crippen LogP contribution < -0.4 is 0 Å². The lowest BCUT2D eigenvalue weighted by molar-refractivity contribution is 0.199. The lowest BCUT2D eigenvalue weighted by Gasteiger charge is -2.15.